The van der Waals surface area contributed by atoms with Crippen molar-refractivity contribution in [1.29, 1.82) is 0 Å². The van der Waals surface area contributed by atoms with Crippen LogP contribution < -0.4 is 10.1 Å². The summed E-state index contributed by atoms with van der Waals surface area (Å²) in [5, 5.41) is 2.72. The molecule has 110 valence electrons. The molecular formula is C18H21NO2. The summed E-state index contributed by atoms with van der Waals surface area (Å²) in [6.07, 6.45) is 4.02. The van der Waals surface area contributed by atoms with E-state index in [1.165, 1.54) is 0 Å². The first kappa shape index (κ1) is 15.1. The van der Waals surface area contributed by atoms with E-state index in [-0.39, 0.29) is 0 Å². The van der Waals surface area contributed by atoms with Crippen molar-refractivity contribution in [3.8, 4) is 16.9 Å². The van der Waals surface area contributed by atoms with Crippen molar-refractivity contribution in [2.24, 2.45) is 0 Å². The average Bonchev–Trinajstić information content (AvgIpc) is 2.54. The third-order valence-corrected chi connectivity index (χ3v) is 3.31. The summed E-state index contributed by atoms with van der Waals surface area (Å²) in [7, 11) is 0. The van der Waals surface area contributed by atoms with Crippen LogP contribution in [0.2, 0.25) is 0 Å². The van der Waals surface area contributed by atoms with Gasteiger partial charge in [-0.2, -0.15) is 0 Å². The van der Waals surface area contributed by atoms with Gasteiger partial charge in [0.15, 0.2) is 0 Å². The third kappa shape index (κ3) is 4.35. The largest absolute Gasteiger partial charge is 0.491 e. The fourth-order valence-corrected chi connectivity index (χ4v) is 2.18. The van der Waals surface area contributed by atoms with Gasteiger partial charge in [0.05, 0.1) is 12.3 Å². The average molecular weight is 283 g/mol. The number of unbranched alkanes of at least 4 members (excludes halogenated alkanes) is 2. The summed E-state index contributed by atoms with van der Waals surface area (Å²) < 4.78 is 5.76. The molecule has 0 spiro atoms. The SMILES string of the molecule is CCCCCOc1ccc(-c2ccccc2)cc1NC=O. The number of ether oxygens (including phenoxy) is 1. The van der Waals surface area contributed by atoms with Crippen LogP contribution in [-0.2, 0) is 4.79 Å². The molecule has 2 aromatic carbocycles. The Morgan fingerprint density at radius 2 is 1.86 bits per heavy atom. The first-order valence-electron chi connectivity index (χ1n) is 7.37. The Hall–Kier alpha value is -2.29. The molecule has 0 bridgehead atoms. The van der Waals surface area contributed by atoms with Crippen molar-refractivity contribution in [2.75, 3.05) is 11.9 Å². The van der Waals surface area contributed by atoms with E-state index >= 15 is 0 Å². The zero-order valence-corrected chi connectivity index (χ0v) is 12.3. The first-order chi connectivity index (χ1) is 10.3. The molecule has 0 aliphatic heterocycles. The number of nitrogens with one attached hydrogen (secondary N) is 1. The van der Waals surface area contributed by atoms with Crippen LogP contribution in [0.4, 0.5) is 5.69 Å². The minimum absolute atomic E-state index is 0.673. The van der Waals surface area contributed by atoms with Crippen molar-refractivity contribution >= 4 is 12.1 Å². The topological polar surface area (TPSA) is 38.3 Å². The maximum Gasteiger partial charge on any atom is 0.211 e. The third-order valence-electron chi connectivity index (χ3n) is 3.31. The smallest absolute Gasteiger partial charge is 0.211 e. The molecule has 0 aliphatic rings. The van der Waals surface area contributed by atoms with Gasteiger partial charge in [-0.05, 0) is 29.7 Å². The molecule has 0 saturated carbocycles. The number of carbonyl (C=O) groups excluding carboxylic acids is 1. The maximum absolute atomic E-state index is 10.8. The highest BCUT2D eigenvalue weighted by molar-refractivity contribution is 5.80. The van der Waals surface area contributed by atoms with Crippen LogP contribution in [0.3, 0.4) is 0 Å². The van der Waals surface area contributed by atoms with Crippen molar-refractivity contribution in [3.63, 3.8) is 0 Å². The maximum atomic E-state index is 10.8. The number of benzene rings is 2. The van der Waals surface area contributed by atoms with Gasteiger partial charge in [0.1, 0.15) is 5.75 Å². The highest BCUT2D eigenvalue weighted by Crippen LogP contribution is 2.30. The molecule has 0 saturated heterocycles. The van der Waals surface area contributed by atoms with E-state index in [0.29, 0.717) is 18.7 Å². The molecule has 3 heteroatoms. The fraction of sp³-hybridized carbons (Fsp3) is 0.278. The van der Waals surface area contributed by atoms with Crippen molar-refractivity contribution in [3.05, 3.63) is 48.5 Å². The van der Waals surface area contributed by atoms with Gasteiger partial charge >= 0.3 is 0 Å². The van der Waals surface area contributed by atoms with Crippen LogP contribution in [0.15, 0.2) is 48.5 Å². The zero-order valence-electron chi connectivity index (χ0n) is 12.3. The normalized spacial score (nSPS) is 10.1. The van der Waals surface area contributed by atoms with E-state index in [0.717, 1.165) is 36.1 Å². The number of rotatable bonds is 8. The van der Waals surface area contributed by atoms with E-state index in [4.69, 9.17) is 4.74 Å². The Balaban J connectivity index is 2.16. The predicted octanol–water partition coefficient (Wildman–Crippen LogP) is 4.49. The van der Waals surface area contributed by atoms with Gasteiger partial charge < -0.3 is 10.1 Å². The molecule has 1 N–H and O–H groups in total. The molecule has 0 aromatic heterocycles. The molecule has 0 aliphatic carbocycles. The molecular weight excluding hydrogens is 262 g/mol. The monoisotopic (exact) mass is 283 g/mol. The summed E-state index contributed by atoms with van der Waals surface area (Å²) in [5.74, 6) is 0.720. The summed E-state index contributed by atoms with van der Waals surface area (Å²) in [6.45, 7) is 2.83. The van der Waals surface area contributed by atoms with E-state index in [9.17, 15) is 4.79 Å². The van der Waals surface area contributed by atoms with E-state index < -0.39 is 0 Å². The Bertz CT molecular complexity index is 567. The molecule has 0 atom stereocenters. The number of hydrogen-bond acceptors (Lipinski definition) is 2. The quantitative estimate of drug-likeness (QED) is 0.572. The molecule has 2 rings (SSSR count). The lowest BCUT2D eigenvalue weighted by atomic mass is 10.0. The molecule has 2 aromatic rings. The van der Waals surface area contributed by atoms with Crippen molar-refractivity contribution < 1.29 is 9.53 Å². The van der Waals surface area contributed by atoms with Gasteiger partial charge in [0.25, 0.3) is 0 Å². The molecule has 21 heavy (non-hydrogen) atoms. The summed E-state index contributed by atoms with van der Waals surface area (Å²) >= 11 is 0. The minimum atomic E-state index is 0.673. The summed E-state index contributed by atoms with van der Waals surface area (Å²) in [4.78, 5) is 10.8. The second kappa shape index (κ2) is 8.10. The Morgan fingerprint density at radius 1 is 1.05 bits per heavy atom. The van der Waals surface area contributed by atoms with Gasteiger partial charge in [-0.1, -0.05) is 56.2 Å². The number of carbonyl (C=O) groups is 1. The Kier molecular flexibility index (Phi) is 5.83. The molecule has 0 heterocycles. The van der Waals surface area contributed by atoms with Crippen molar-refractivity contribution in [1.82, 2.24) is 0 Å². The minimum Gasteiger partial charge on any atom is -0.491 e. The van der Waals surface area contributed by atoms with Crippen LogP contribution in [0.25, 0.3) is 11.1 Å². The number of anilines is 1. The highest BCUT2D eigenvalue weighted by Gasteiger charge is 2.06. The standard InChI is InChI=1S/C18H21NO2/c1-2-3-7-12-21-18-11-10-16(13-17(18)19-14-20)15-8-5-4-6-9-15/h4-6,8-11,13-14H,2-3,7,12H2,1H3,(H,19,20). The van der Waals surface area contributed by atoms with Crippen LogP contribution in [-0.4, -0.2) is 13.0 Å². The number of hydrogen-bond donors (Lipinski definition) is 1. The van der Waals surface area contributed by atoms with Crippen molar-refractivity contribution in [2.45, 2.75) is 26.2 Å². The molecule has 0 fully saturated rings. The van der Waals surface area contributed by atoms with Gasteiger partial charge in [0.2, 0.25) is 6.41 Å². The Morgan fingerprint density at radius 3 is 2.57 bits per heavy atom. The highest BCUT2D eigenvalue weighted by atomic mass is 16.5. The molecule has 0 unspecified atom stereocenters. The summed E-state index contributed by atoms with van der Waals surface area (Å²) in [5.41, 5.74) is 2.88. The lowest BCUT2D eigenvalue weighted by molar-refractivity contribution is -0.105. The summed E-state index contributed by atoms with van der Waals surface area (Å²) in [6, 6.07) is 15.9. The van der Waals surface area contributed by atoms with E-state index in [1.807, 2.05) is 48.5 Å². The van der Waals surface area contributed by atoms with Gasteiger partial charge in [-0.25, -0.2) is 0 Å². The Labute approximate surface area is 126 Å². The lowest BCUT2D eigenvalue weighted by Gasteiger charge is -2.12. The van der Waals surface area contributed by atoms with E-state index in [2.05, 4.69) is 12.2 Å². The van der Waals surface area contributed by atoms with Crippen LogP contribution >= 0.6 is 0 Å². The first-order valence-corrected chi connectivity index (χ1v) is 7.37. The van der Waals surface area contributed by atoms with Crippen LogP contribution in [0, 0.1) is 0 Å². The van der Waals surface area contributed by atoms with Crippen LogP contribution in [0.1, 0.15) is 26.2 Å². The lowest BCUT2D eigenvalue weighted by Crippen LogP contribution is -2.02. The molecule has 0 radical (unpaired) electrons. The number of amides is 1. The van der Waals surface area contributed by atoms with Gasteiger partial charge in [-0.15, -0.1) is 0 Å². The second-order valence-corrected chi connectivity index (χ2v) is 4.89. The van der Waals surface area contributed by atoms with Gasteiger partial charge in [0, 0.05) is 0 Å². The second-order valence-electron chi connectivity index (χ2n) is 4.89. The molecule has 3 nitrogen and oxygen atoms in total. The van der Waals surface area contributed by atoms with Gasteiger partial charge in [-0.3, -0.25) is 4.79 Å². The molecule has 1 amide bonds. The van der Waals surface area contributed by atoms with E-state index in [1.54, 1.807) is 0 Å². The predicted molar refractivity (Wildman–Crippen MR) is 86.6 cm³/mol. The fourth-order valence-electron chi connectivity index (χ4n) is 2.18. The van der Waals surface area contributed by atoms with Crippen LogP contribution in [0.5, 0.6) is 5.75 Å². The zero-order chi connectivity index (χ0) is 14.9.